The van der Waals surface area contributed by atoms with Gasteiger partial charge in [-0.3, -0.25) is 0 Å². The highest BCUT2D eigenvalue weighted by Gasteiger charge is 2.19. The fraction of sp³-hybridized carbons (Fsp3) is 0.692. The number of esters is 3. The van der Waals surface area contributed by atoms with Gasteiger partial charge in [-0.1, -0.05) is 0 Å². The van der Waals surface area contributed by atoms with Crippen LogP contribution in [0.25, 0.3) is 0 Å². The van der Waals surface area contributed by atoms with Gasteiger partial charge in [0.05, 0.1) is 6.61 Å². The maximum absolute atomic E-state index is 11.4. The molecule has 23 heavy (non-hydrogen) atoms. The summed E-state index contributed by atoms with van der Waals surface area (Å²) in [6, 6.07) is 0. The van der Waals surface area contributed by atoms with Crippen molar-refractivity contribution in [1.29, 1.82) is 0 Å². The number of methoxy groups -OCH3 is 1. The van der Waals surface area contributed by atoms with Crippen LogP contribution in [0, 0.1) is 0 Å². The molecule has 0 bridgehead atoms. The van der Waals surface area contributed by atoms with Crippen LogP contribution in [0.15, 0.2) is 0 Å². The molecule has 10 nitrogen and oxygen atoms in total. The molecule has 0 spiro atoms. The van der Waals surface area contributed by atoms with Crippen molar-refractivity contribution in [3.05, 3.63) is 0 Å². The Kier molecular flexibility index (Phi) is 10.3. The molecule has 132 valence electrons. The van der Waals surface area contributed by atoms with Gasteiger partial charge in [-0.15, -0.1) is 0 Å². The highest BCUT2D eigenvalue weighted by atomic mass is 16.6. The second-order valence-electron chi connectivity index (χ2n) is 4.26. The lowest BCUT2D eigenvalue weighted by Gasteiger charge is -2.12. The Morgan fingerprint density at radius 1 is 0.913 bits per heavy atom. The van der Waals surface area contributed by atoms with Gasteiger partial charge in [0.1, 0.15) is 19.8 Å². The Morgan fingerprint density at radius 2 is 1.48 bits per heavy atom. The van der Waals surface area contributed by atoms with Crippen molar-refractivity contribution < 1.29 is 48.0 Å². The third kappa shape index (κ3) is 10.2. The average molecular weight is 336 g/mol. The molecule has 0 aromatic carbocycles. The van der Waals surface area contributed by atoms with Crippen molar-refractivity contribution in [2.45, 2.75) is 26.1 Å². The molecule has 1 N–H and O–H groups in total. The Balaban J connectivity index is 3.78. The van der Waals surface area contributed by atoms with Crippen molar-refractivity contribution in [3.8, 4) is 0 Å². The molecule has 0 aliphatic carbocycles. The summed E-state index contributed by atoms with van der Waals surface area (Å²) in [5, 5.41) is 8.53. The van der Waals surface area contributed by atoms with Crippen molar-refractivity contribution in [2.75, 3.05) is 33.5 Å². The normalized spacial score (nSPS) is 12.8. The number of hydrogen-bond acceptors (Lipinski definition) is 9. The lowest BCUT2D eigenvalue weighted by Crippen LogP contribution is -2.29. The van der Waals surface area contributed by atoms with E-state index in [1.807, 2.05) is 0 Å². The second-order valence-corrected chi connectivity index (χ2v) is 4.26. The van der Waals surface area contributed by atoms with Crippen LogP contribution in [-0.2, 0) is 42.9 Å². The van der Waals surface area contributed by atoms with Gasteiger partial charge in [-0.25, -0.2) is 19.2 Å². The molecule has 0 amide bonds. The second kappa shape index (κ2) is 11.4. The van der Waals surface area contributed by atoms with E-state index in [4.69, 9.17) is 19.3 Å². The summed E-state index contributed by atoms with van der Waals surface area (Å²) in [4.78, 5) is 44.1. The number of ether oxygens (including phenoxy) is 5. The molecule has 0 radical (unpaired) electrons. The number of carbonyl (C=O) groups excluding carboxylic acids is 3. The molecule has 0 aliphatic rings. The first kappa shape index (κ1) is 20.8. The Labute approximate surface area is 132 Å². The maximum atomic E-state index is 11.4. The van der Waals surface area contributed by atoms with Gasteiger partial charge in [0.2, 0.25) is 0 Å². The van der Waals surface area contributed by atoms with Crippen LogP contribution in [0.2, 0.25) is 0 Å². The highest BCUT2D eigenvalue weighted by molar-refractivity contribution is 5.79. The van der Waals surface area contributed by atoms with Crippen LogP contribution in [0.5, 0.6) is 0 Å². The first-order valence-corrected chi connectivity index (χ1v) is 6.63. The van der Waals surface area contributed by atoms with E-state index in [0.29, 0.717) is 0 Å². The number of carbonyl (C=O) groups is 4. The fourth-order valence-electron chi connectivity index (χ4n) is 1.15. The Morgan fingerprint density at radius 3 is 2.04 bits per heavy atom. The SMILES string of the molecule is COCC(=O)OC(C)C(=O)OCCOCC(=O)OC(C)C(=O)O. The van der Waals surface area contributed by atoms with Gasteiger partial charge in [-0.05, 0) is 13.8 Å². The number of carboxylic acids is 1. The number of aliphatic carboxylic acids is 1. The highest BCUT2D eigenvalue weighted by Crippen LogP contribution is 1.97. The predicted octanol–water partition coefficient (Wildman–Crippen LogP) is -0.859. The van der Waals surface area contributed by atoms with Crippen LogP contribution in [0.1, 0.15) is 13.8 Å². The van der Waals surface area contributed by atoms with Gasteiger partial charge in [-0.2, -0.15) is 0 Å². The molecule has 0 aliphatic heterocycles. The van der Waals surface area contributed by atoms with Crippen LogP contribution in [0.4, 0.5) is 0 Å². The summed E-state index contributed by atoms with van der Waals surface area (Å²) in [5.74, 6) is -3.61. The Bertz CT molecular complexity index is 419. The van der Waals surface area contributed by atoms with Crippen LogP contribution in [-0.4, -0.2) is 74.7 Å². The minimum atomic E-state index is -1.27. The van der Waals surface area contributed by atoms with E-state index in [0.717, 1.165) is 0 Å². The molecule has 0 heterocycles. The van der Waals surface area contributed by atoms with E-state index in [9.17, 15) is 19.2 Å². The molecule has 0 saturated heterocycles. The number of carboxylic acid groups (broad SMARTS) is 1. The zero-order valence-corrected chi connectivity index (χ0v) is 13.1. The summed E-state index contributed by atoms with van der Waals surface area (Å²) in [6.07, 6.45) is -2.37. The number of rotatable bonds is 11. The van der Waals surface area contributed by atoms with Crippen molar-refractivity contribution in [2.24, 2.45) is 0 Å². The summed E-state index contributed by atoms with van der Waals surface area (Å²) in [7, 11) is 1.31. The van der Waals surface area contributed by atoms with E-state index in [1.54, 1.807) is 0 Å². The number of hydrogen-bond donors (Lipinski definition) is 1. The largest absolute Gasteiger partial charge is 0.479 e. The maximum Gasteiger partial charge on any atom is 0.347 e. The molecule has 10 heteroatoms. The van der Waals surface area contributed by atoms with E-state index in [2.05, 4.69) is 9.47 Å². The lowest BCUT2D eigenvalue weighted by atomic mass is 10.4. The van der Waals surface area contributed by atoms with Gasteiger partial charge in [0.15, 0.2) is 12.2 Å². The van der Waals surface area contributed by atoms with Crippen LogP contribution >= 0.6 is 0 Å². The summed E-state index contributed by atoms with van der Waals surface area (Å²) in [5.41, 5.74) is 0. The molecular formula is C13H20O10. The summed E-state index contributed by atoms with van der Waals surface area (Å²) >= 11 is 0. The molecule has 0 saturated carbocycles. The quantitative estimate of drug-likeness (QED) is 0.288. The lowest BCUT2D eigenvalue weighted by molar-refractivity contribution is -0.170. The standard InChI is InChI=1S/C13H20O10/c1-8(12(16)17)22-11(15)7-20-4-5-21-13(18)9(2)23-10(14)6-19-3/h8-9H,4-7H2,1-3H3,(H,16,17). The molecule has 0 aromatic heterocycles. The van der Waals surface area contributed by atoms with E-state index in [1.165, 1.54) is 21.0 Å². The average Bonchev–Trinajstić information content (AvgIpc) is 2.46. The third-order valence-corrected chi connectivity index (χ3v) is 2.25. The minimum absolute atomic E-state index is 0.110. The smallest absolute Gasteiger partial charge is 0.347 e. The molecule has 0 fully saturated rings. The predicted molar refractivity (Wildman–Crippen MR) is 72.4 cm³/mol. The molecule has 2 atom stereocenters. The summed E-state index contributed by atoms with van der Waals surface area (Å²) in [6.45, 7) is 1.49. The van der Waals surface area contributed by atoms with Crippen molar-refractivity contribution >= 4 is 23.9 Å². The third-order valence-electron chi connectivity index (χ3n) is 2.25. The van der Waals surface area contributed by atoms with Crippen molar-refractivity contribution in [3.63, 3.8) is 0 Å². The first-order chi connectivity index (χ1) is 10.8. The van der Waals surface area contributed by atoms with E-state index >= 15 is 0 Å². The minimum Gasteiger partial charge on any atom is -0.479 e. The van der Waals surface area contributed by atoms with Crippen molar-refractivity contribution in [1.82, 2.24) is 0 Å². The zero-order valence-electron chi connectivity index (χ0n) is 13.1. The first-order valence-electron chi connectivity index (χ1n) is 6.63. The van der Waals surface area contributed by atoms with Gasteiger partial charge >= 0.3 is 23.9 Å². The molecular weight excluding hydrogens is 316 g/mol. The van der Waals surface area contributed by atoms with Crippen LogP contribution in [0.3, 0.4) is 0 Å². The molecule has 0 aromatic rings. The Hall–Kier alpha value is -2.20. The van der Waals surface area contributed by atoms with Crippen LogP contribution < -0.4 is 0 Å². The van der Waals surface area contributed by atoms with E-state index in [-0.39, 0.29) is 19.8 Å². The zero-order chi connectivity index (χ0) is 17.8. The topological polar surface area (TPSA) is 135 Å². The van der Waals surface area contributed by atoms with Gasteiger partial charge in [0.25, 0.3) is 0 Å². The van der Waals surface area contributed by atoms with Gasteiger partial charge in [0, 0.05) is 7.11 Å². The molecule has 0 rings (SSSR count). The summed E-state index contributed by atoms with van der Waals surface area (Å²) < 4.78 is 23.4. The van der Waals surface area contributed by atoms with Gasteiger partial charge < -0.3 is 28.8 Å². The fourth-order valence-corrected chi connectivity index (χ4v) is 1.15. The molecule has 2 unspecified atom stereocenters. The monoisotopic (exact) mass is 336 g/mol. The van der Waals surface area contributed by atoms with E-state index < -0.39 is 42.7 Å².